The fourth-order valence-electron chi connectivity index (χ4n) is 4.94. The van der Waals surface area contributed by atoms with Crippen molar-refractivity contribution < 1.29 is 27.5 Å². The molecule has 1 aliphatic heterocycles. The Bertz CT molecular complexity index is 1390. The van der Waals surface area contributed by atoms with Crippen LogP contribution in [-0.2, 0) is 47.3 Å². The zero-order chi connectivity index (χ0) is 29.7. The SMILES string of the molecule is C=CC1OC(C[Se](=O)c2ccccc2)O[C@@H](COCc2ccccc2)[C@@H](OCc2ccccc2)[C@@H]1OCc1ccccc1. The summed E-state index contributed by atoms with van der Waals surface area (Å²) in [5, 5.41) is 0.236. The molecule has 3 unspecified atom stereocenters. The van der Waals surface area contributed by atoms with Gasteiger partial charge in [-0.05, 0) is 0 Å². The summed E-state index contributed by atoms with van der Waals surface area (Å²) in [6.07, 6.45) is -1.28. The number of ether oxygens (including phenoxy) is 5. The van der Waals surface area contributed by atoms with Gasteiger partial charge in [0, 0.05) is 0 Å². The maximum absolute atomic E-state index is 13.4. The van der Waals surface area contributed by atoms with Gasteiger partial charge in [-0.1, -0.05) is 0 Å². The van der Waals surface area contributed by atoms with Crippen LogP contribution in [0.25, 0.3) is 0 Å². The van der Waals surface area contributed by atoms with Gasteiger partial charge in [0.25, 0.3) is 0 Å². The molecule has 1 saturated heterocycles. The second-order valence-corrected chi connectivity index (χ2v) is 13.4. The van der Waals surface area contributed by atoms with Gasteiger partial charge in [-0.25, -0.2) is 0 Å². The molecule has 43 heavy (non-hydrogen) atoms. The van der Waals surface area contributed by atoms with Crippen LogP contribution in [-0.4, -0.2) is 51.1 Å². The summed E-state index contributed by atoms with van der Waals surface area (Å²) in [7, 11) is 0. The maximum atomic E-state index is 13.4. The van der Waals surface area contributed by atoms with E-state index < -0.39 is 44.5 Å². The first-order valence-corrected chi connectivity index (χ1v) is 17.3. The Hall–Kier alpha value is -3.26. The third-order valence-electron chi connectivity index (χ3n) is 7.14. The van der Waals surface area contributed by atoms with Crippen LogP contribution >= 0.6 is 0 Å². The van der Waals surface area contributed by atoms with E-state index in [0.29, 0.717) is 19.8 Å². The zero-order valence-corrected chi connectivity index (χ0v) is 25.8. The molecule has 1 heterocycles. The van der Waals surface area contributed by atoms with E-state index in [4.69, 9.17) is 23.7 Å². The summed E-state index contributed by atoms with van der Waals surface area (Å²) in [4.78, 5) is 0. The molecule has 6 atom stereocenters. The molecule has 224 valence electrons. The molecule has 7 heteroatoms. The Balaban J connectivity index is 1.41. The van der Waals surface area contributed by atoms with Gasteiger partial charge in [0.05, 0.1) is 0 Å². The Kier molecular flexibility index (Phi) is 12.0. The van der Waals surface area contributed by atoms with E-state index in [-0.39, 0.29) is 11.9 Å². The van der Waals surface area contributed by atoms with Crippen molar-refractivity contribution in [2.45, 2.75) is 55.8 Å². The van der Waals surface area contributed by atoms with Gasteiger partial charge >= 0.3 is 259 Å². The van der Waals surface area contributed by atoms with Crippen LogP contribution in [0.2, 0.25) is 5.32 Å². The monoisotopic (exact) mass is 646 g/mol. The average Bonchev–Trinajstić information content (AvgIpc) is 3.20. The molecule has 0 spiro atoms. The topological polar surface area (TPSA) is 63.2 Å². The summed E-state index contributed by atoms with van der Waals surface area (Å²) in [5.74, 6) is 0. The van der Waals surface area contributed by atoms with Gasteiger partial charge in [0.15, 0.2) is 0 Å². The minimum absolute atomic E-state index is 0.234. The standard InChI is InChI=1S/C36H38O6Se/c1-2-32-35(39-24-29-17-9-4-10-18-29)36(40-25-30-19-11-5-12-20-30)33(26-38-23-28-15-7-3-8-16-28)42-34(41-32)27-43(37)31-21-13-6-14-22-31/h2-22,32-36H,1,23-27H2/t32?,33-,34?,35+,36+,43?/m0/s1. The molecule has 4 aromatic carbocycles. The van der Waals surface area contributed by atoms with Gasteiger partial charge in [-0.3, -0.25) is 0 Å². The first-order chi connectivity index (χ1) is 21.2. The van der Waals surface area contributed by atoms with Crippen molar-refractivity contribution in [3.8, 4) is 0 Å². The Morgan fingerprint density at radius 2 is 1.14 bits per heavy atom. The van der Waals surface area contributed by atoms with Crippen LogP contribution in [0.15, 0.2) is 134 Å². The predicted molar refractivity (Wildman–Crippen MR) is 167 cm³/mol. The molecular weight excluding hydrogens is 607 g/mol. The van der Waals surface area contributed by atoms with E-state index in [1.807, 2.05) is 121 Å². The molecule has 0 radical (unpaired) electrons. The van der Waals surface area contributed by atoms with Crippen molar-refractivity contribution in [3.05, 3.63) is 151 Å². The fraction of sp³-hybridized carbons (Fsp3) is 0.278. The molecule has 4 aromatic rings. The number of hydrogen-bond acceptors (Lipinski definition) is 6. The third kappa shape index (κ3) is 9.36. The molecule has 1 aliphatic rings. The van der Waals surface area contributed by atoms with Crippen LogP contribution in [0.1, 0.15) is 16.7 Å². The molecule has 0 saturated carbocycles. The summed E-state index contributed by atoms with van der Waals surface area (Å²) in [6.45, 7) is 5.43. The summed E-state index contributed by atoms with van der Waals surface area (Å²) < 4.78 is 46.7. The summed E-state index contributed by atoms with van der Waals surface area (Å²) in [5.41, 5.74) is 3.11. The van der Waals surface area contributed by atoms with Gasteiger partial charge in [0.2, 0.25) is 0 Å². The van der Waals surface area contributed by atoms with Crippen LogP contribution in [0.4, 0.5) is 0 Å². The Labute approximate surface area is 258 Å². The first-order valence-electron chi connectivity index (χ1n) is 14.5. The predicted octanol–water partition coefficient (Wildman–Crippen LogP) is 6.00. The minimum atomic E-state index is -2.46. The van der Waals surface area contributed by atoms with Crippen molar-refractivity contribution in [1.29, 1.82) is 0 Å². The third-order valence-corrected chi connectivity index (χ3v) is 10.0. The Morgan fingerprint density at radius 1 is 0.651 bits per heavy atom. The number of benzene rings is 4. The van der Waals surface area contributed by atoms with Crippen molar-refractivity contribution >= 4 is 18.3 Å². The molecule has 1 fully saturated rings. The first kappa shape index (κ1) is 31.2. The molecule has 5 rings (SSSR count). The van der Waals surface area contributed by atoms with Crippen LogP contribution < -0.4 is 4.46 Å². The van der Waals surface area contributed by atoms with Crippen molar-refractivity contribution in [2.75, 3.05) is 6.61 Å². The van der Waals surface area contributed by atoms with Crippen LogP contribution in [0, 0.1) is 0 Å². The molecule has 0 aromatic heterocycles. The normalized spacial score (nSPS) is 22.8. The van der Waals surface area contributed by atoms with E-state index in [1.54, 1.807) is 6.08 Å². The zero-order valence-electron chi connectivity index (χ0n) is 24.1. The van der Waals surface area contributed by atoms with Crippen LogP contribution in [0.5, 0.6) is 0 Å². The number of hydrogen-bond donors (Lipinski definition) is 0. The van der Waals surface area contributed by atoms with Crippen molar-refractivity contribution in [3.63, 3.8) is 0 Å². The molecule has 6 nitrogen and oxygen atoms in total. The van der Waals surface area contributed by atoms with Crippen molar-refractivity contribution in [1.82, 2.24) is 0 Å². The summed E-state index contributed by atoms with van der Waals surface area (Å²) >= 11 is -2.46. The Morgan fingerprint density at radius 3 is 1.67 bits per heavy atom. The second-order valence-electron chi connectivity index (χ2n) is 10.3. The van der Waals surface area contributed by atoms with Crippen LogP contribution in [0.3, 0.4) is 0 Å². The molecule has 0 N–H and O–H groups in total. The average molecular weight is 646 g/mol. The van der Waals surface area contributed by atoms with E-state index in [9.17, 15) is 3.83 Å². The molecule has 0 aliphatic carbocycles. The molecule has 0 bridgehead atoms. The van der Waals surface area contributed by atoms with E-state index in [1.165, 1.54) is 0 Å². The van der Waals surface area contributed by atoms with E-state index in [2.05, 4.69) is 6.58 Å². The van der Waals surface area contributed by atoms with Crippen molar-refractivity contribution in [2.24, 2.45) is 0 Å². The summed E-state index contributed by atoms with van der Waals surface area (Å²) in [6, 6.07) is 39.5. The van der Waals surface area contributed by atoms with Gasteiger partial charge in [-0.15, -0.1) is 0 Å². The van der Waals surface area contributed by atoms with E-state index in [0.717, 1.165) is 21.2 Å². The molecular formula is C36H38O6Se. The second kappa shape index (κ2) is 16.6. The quantitative estimate of drug-likeness (QED) is 0.124. The number of rotatable bonds is 14. The van der Waals surface area contributed by atoms with Gasteiger partial charge < -0.3 is 0 Å². The fourth-order valence-corrected chi connectivity index (χ4v) is 7.16. The van der Waals surface area contributed by atoms with Gasteiger partial charge in [-0.2, -0.15) is 0 Å². The molecule has 0 amide bonds. The van der Waals surface area contributed by atoms with Gasteiger partial charge in [0.1, 0.15) is 0 Å². The van der Waals surface area contributed by atoms with E-state index >= 15 is 0 Å².